The standard InChI is InChI=1S/C36H37FN4O5/c1-21-28(37)18-29-27(19-38-41(29)30-9-5-6-14-44-30)31(21)32-25(23-10-11-23)17-26-33(34(32)45-20-22-7-3-2-4-8-22)39-36(40-35(26)42)46-24-12-15-43-16-13-24/h2-4,7-8,17-19,23-24,30H,5-6,9-16,20H2,1H3,(H,39,40,42). The fourth-order valence-electron chi connectivity index (χ4n) is 6.82. The molecule has 0 spiro atoms. The summed E-state index contributed by atoms with van der Waals surface area (Å²) in [4.78, 5) is 21.4. The van der Waals surface area contributed by atoms with Crippen LogP contribution in [-0.2, 0) is 16.1 Å². The van der Waals surface area contributed by atoms with Crippen molar-refractivity contribution in [2.24, 2.45) is 0 Å². The van der Waals surface area contributed by atoms with Gasteiger partial charge in [-0.3, -0.25) is 9.78 Å². The Balaban J connectivity index is 1.37. The molecule has 3 fully saturated rings. The Morgan fingerprint density at radius 1 is 1.00 bits per heavy atom. The first-order chi connectivity index (χ1) is 22.5. The van der Waals surface area contributed by atoms with E-state index in [1.165, 1.54) is 0 Å². The summed E-state index contributed by atoms with van der Waals surface area (Å²) in [7, 11) is 0. The lowest BCUT2D eigenvalue weighted by atomic mass is 9.89. The van der Waals surface area contributed by atoms with Crippen LogP contribution in [0.5, 0.6) is 11.8 Å². The summed E-state index contributed by atoms with van der Waals surface area (Å²) < 4.78 is 42.3. The third-order valence-corrected chi connectivity index (χ3v) is 9.43. The molecule has 1 saturated carbocycles. The van der Waals surface area contributed by atoms with Crippen LogP contribution in [0.1, 0.15) is 73.8 Å². The van der Waals surface area contributed by atoms with E-state index in [1.54, 1.807) is 13.0 Å². The normalized spacial score (nSPS) is 19.1. The van der Waals surface area contributed by atoms with E-state index >= 15 is 4.39 Å². The van der Waals surface area contributed by atoms with E-state index in [-0.39, 0.29) is 42.2 Å². The van der Waals surface area contributed by atoms with Crippen molar-refractivity contribution >= 4 is 21.8 Å². The van der Waals surface area contributed by atoms with Crippen LogP contribution in [0, 0.1) is 12.7 Å². The van der Waals surface area contributed by atoms with Gasteiger partial charge in [-0.1, -0.05) is 30.3 Å². The predicted octanol–water partition coefficient (Wildman–Crippen LogP) is 7.10. The molecule has 3 aromatic carbocycles. The van der Waals surface area contributed by atoms with Gasteiger partial charge in [0.25, 0.3) is 11.6 Å². The Morgan fingerprint density at radius 2 is 1.83 bits per heavy atom. The van der Waals surface area contributed by atoms with Crippen molar-refractivity contribution in [1.29, 1.82) is 0 Å². The van der Waals surface area contributed by atoms with Crippen LogP contribution in [0.25, 0.3) is 32.9 Å². The molecular weight excluding hydrogens is 587 g/mol. The lowest BCUT2D eigenvalue weighted by Crippen LogP contribution is -2.27. The molecule has 1 unspecified atom stereocenters. The number of rotatable bonds is 8. The monoisotopic (exact) mass is 624 g/mol. The molecule has 8 rings (SSSR count). The topological polar surface area (TPSA) is 100 Å². The Morgan fingerprint density at radius 3 is 2.59 bits per heavy atom. The summed E-state index contributed by atoms with van der Waals surface area (Å²) in [6.45, 7) is 3.88. The van der Waals surface area contributed by atoms with Crippen LogP contribution in [0.4, 0.5) is 4.39 Å². The smallest absolute Gasteiger partial charge is 0.297 e. The van der Waals surface area contributed by atoms with E-state index in [2.05, 4.69) is 4.98 Å². The Labute approximate surface area is 265 Å². The molecule has 2 saturated heterocycles. The molecule has 46 heavy (non-hydrogen) atoms. The zero-order valence-electron chi connectivity index (χ0n) is 25.9. The van der Waals surface area contributed by atoms with E-state index in [0.29, 0.717) is 66.0 Å². The largest absolute Gasteiger partial charge is 0.486 e. The second kappa shape index (κ2) is 12.1. The van der Waals surface area contributed by atoms with Crippen molar-refractivity contribution in [3.8, 4) is 22.9 Å². The zero-order valence-corrected chi connectivity index (χ0v) is 25.9. The van der Waals surface area contributed by atoms with Crippen LogP contribution in [0.2, 0.25) is 0 Å². The van der Waals surface area contributed by atoms with Crippen molar-refractivity contribution in [3.05, 3.63) is 81.5 Å². The van der Waals surface area contributed by atoms with Gasteiger partial charge in [-0.25, -0.2) is 9.07 Å². The Bertz CT molecular complexity index is 1960. The van der Waals surface area contributed by atoms with E-state index in [1.807, 2.05) is 47.3 Å². The molecule has 2 aliphatic heterocycles. The first kappa shape index (κ1) is 29.1. The number of benzene rings is 3. The molecular formula is C36H37FN4O5. The van der Waals surface area contributed by atoms with Crippen LogP contribution in [0.15, 0.2) is 53.5 Å². The van der Waals surface area contributed by atoms with Gasteiger partial charge in [-0.05, 0) is 67.7 Å². The van der Waals surface area contributed by atoms with Gasteiger partial charge in [0.05, 0.1) is 30.3 Å². The van der Waals surface area contributed by atoms with Crippen LogP contribution in [0.3, 0.4) is 0 Å². The average molecular weight is 625 g/mol. The molecule has 238 valence electrons. The van der Waals surface area contributed by atoms with Crippen LogP contribution >= 0.6 is 0 Å². The molecule has 2 aromatic heterocycles. The molecule has 3 aliphatic rings. The van der Waals surface area contributed by atoms with Crippen molar-refractivity contribution in [2.75, 3.05) is 19.8 Å². The van der Waals surface area contributed by atoms with Gasteiger partial charge >= 0.3 is 0 Å². The summed E-state index contributed by atoms with van der Waals surface area (Å²) >= 11 is 0. The molecule has 0 bridgehead atoms. The van der Waals surface area contributed by atoms with Gasteiger partial charge in [-0.2, -0.15) is 10.1 Å². The number of aromatic nitrogens is 4. The third kappa shape index (κ3) is 5.43. The SMILES string of the molecule is Cc1c(F)cc2c(cnn2C2CCCCO2)c1-c1c(C2CC2)cc2c(=O)[nH]c(OC3CCOCC3)nc2c1OCc1ccccc1. The summed E-state index contributed by atoms with van der Waals surface area (Å²) in [5.74, 6) is 0.326. The fraction of sp³-hybridized carbons (Fsp3) is 0.417. The molecule has 4 heterocycles. The van der Waals surface area contributed by atoms with Crippen LogP contribution in [-0.4, -0.2) is 45.7 Å². The van der Waals surface area contributed by atoms with E-state index < -0.39 is 0 Å². The van der Waals surface area contributed by atoms with Crippen molar-refractivity contribution in [3.63, 3.8) is 0 Å². The minimum atomic E-state index is -0.335. The van der Waals surface area contributed by atoms with E-state index in [4.69, 9.17) is 29.0 Å². The number of nitrogens with zero attached hydrogens (tertiary/aromatic N) is 3. The minimum Gasteiger partial charge on any atom is -0.486 e. The summed E-state index contributed by atoms with van der Waals surface area (Å²) in [6.07, 6.45) is 7.65. The van der Waals surface area contributed by atoms with Crippen molar-refractivity contribution < 1.29 is 23.3 Å². The number of fused-ring (bicyclic) bond motifs is 2. The molecule has 5 aromatic rings. The second-order valence-corrected chi connectivity index (χ2v) is 12.6. The zero-order chi connectivity index (χ0) is 31.2. The highest BCUT2D eigenvalue weighted by atomic mass is 19.1. The van der Waals surface area contributed by atoms with E-state index in [9.17, 15) is 4.79 Å². The van der Waals surface area contributed by atoms with Gasteiger partial charge in [0.15, 0.2) is 12.0 Å². The third-order valence-electron chi connectivity index (χ3n) is 9.43. The molecule has 1 N–H and O–H groups in total. The van der Waals surface area contributed by atoms with Gasteiger partial charge in [0.2, 0.25) is 0 Å². The second-order valence-electron chi connectivity index (χ2n) is 12.6. The lowest BCUT2D eigenvalue weighted by Gasteiger charge is -2.24. The highest BCUT2D eigenvalue weighted by molar-refractivity contribution is 6.04. The lowest BCUT2D eigenvalue weighted by molar-refractivity contribution is -0.0366. The van der Waals surface area contributed by atoms with Gasteiger partial charge in [-0.15, -0.1) is 0 Å². The number of nitrogens with one attached hydrogen (secondary N) is 1. The Kier molecular flexibility index (Phi) is 7.70. The van der Waals surface area contributed by atoms with Crippen molar-refractivity contribution in [1.82, 2.24) is 19.7 Å². The summed E-state index contributed by atoms with van der Waals surface area (Å²) in [5, 5.41) is 5.97. The fourth-order valence-corrected chi connectivity index (χ4v) is 6.82. The summed E-state index contributed by atoms with van der Waals surface area (Å²) in [6, 6.07) is 13.5. The van der Waals surface area contributed by atoms with E-state index in [0.717, 1.165) is 54.2 Å². The minimum absolute atomic E-state index is 0.119. The molecule has 0 amide bonds. The maximum absolute atomic E-state index is 16.0. The number of hydrogen-bond donors (Lipinski definition) is 1. The quantitative estimate of drug-likeness (QED) is 0.197. The average Bonchev–Trinajstić information content (AvgIpc) is 3.85. The predicted molar refractivity (Wildman–Crippen MR) is 172 cm³/mol. The number of H-pyrrole nitrogens is 1. The number of aromatic amines is 1. The molecule has 1 aliphatic carbocycles. The van der Waals surface area contributed by atoms with Crippen LogP contribution < -0.4 is 15.0 Å². The first-order valence-electron chi connectivity index (χ1n) is 16.4. The maximum atomic E-state index is 16.0. The van der Waals surface area contributed by atoms with Gasteiger partial charge < -0.3 is 18.9 Å². The van der Waals surface area contributed by atoms with Gasteiger partial charge in [0.1, 0.15) is 24.0 Å². The summed E-state index contributed by atoms with van der Waals surface area (Å²) in [5.41, 5.74) is 4.64. The Hall–Kier alpha value is -4.28. The number of halogens is 1. The molecule has 9 nitrogen and oxygen atoms in total. The van der Waals surface area contributed by atoms with Gasteiger partial charge in [0, 0.05) is 42.0 Å². The maximum Gasteiger partial charge on any atom is 0.297 e. The van der Waals surface area contributed by atoms with Crippen molar-refractivity contribution in [2.45, 2.75) is 76.7 Å². The molecule has 1 atom stereocenters. The first-order valence-corrected chi connectivity index (χ1v) is 16.4. The number of ether oxygens (including phenoxy) is 4. The molecule has 0 radical (unpaired) electrons. The molecule has 10 heteroatoms. The highest BCUT2D eigenvalue weighted by Crippen LogP contribution is 2.52. The number of hydrogen-bond acceptors (Lipinski definition) is 7. The highest BCUT2D eigenvalue weighted by Gasteiger charge is 2.34.